The molecule has 0 fully saturated rings. The van der Waals surface area contributed by atoms with Gasteiger partial charge in [0.1, 0.15) is 6.04 Å². The molecule has 0 saturated carbocycles. The zero-order valence-electron chi connectivity index (χ0n) is 13.7. The Morgan fingerprint density at radius 2 is 1.79 bits per heavy atom. The van der Waals surface area contributed by atoms with Crippen LogP contribution in [0.15, 0.2) is 24.3 Å². The monoisotopic (exact) mass is 326 g/mol. The minimum Gasteiger partial charge on any atom is -0.350 e. The number of hydrogen-bond acceptors (Lipinski definition) is 4. The van der Waals surface area contributed by atoms with E-state index in [0.717, 1.165) is 21.9 Å². The number of H-pyrrole nitrogens is 1. The standard InChI is InChI=1S/C17H18N4O3/c1-9-14(10(2)20-19-9)8-18-15(22)11(3)21-16(23)12-6-4-5-7-13(12)17(21)24/h4-7,11H,8H2,1-3H3,(H,18,22)(H,19,20). The number of rotatable bonds is 4. The van der Waals surface area contributed by atoms with Crippen molar-refractivity contribution in [1.82, 2.24) is 20.4 Å². The van der Waals surface area contributed by atoms with E-state index in [2.05, 4.69) is 15.5 Å². The predicted molar refractivity (Wildman–Crippen MR) is 86.3 cm³/mol. The molecule has 2 heterocycles. The smallest absolute Gasteiger partial charge is 0.262 e. The zero-order chi connectivity index (χ0) is 17.4. The number of carbonyl (C=O) groups excluding carboxylic acids is 3. The van der Waals surface area contributed by atoms with Crippen LogP contribution in [-0.4, -0.2) is 38.9 Å². The third kappa shape index (κ3) is 2.47. The molecule has 7 heteroatoms. The van der Waals surface area contributed by atoms with E-state index in [4.69, 9.17) is 0 Å². The number of aromatic amines is 1. The molecule has 0 bridgehead atoms. The highest BCUT2D eigenvalue weighted by atomic mass is 16.2. The van der Waals surface area contributed by atoms with Gasteiger partial charge in [-0.3, -0.25) is 24.4 Å². The minimum atomic E-state index is -0.884. The summed E-state index contributed by atoms with van der Waals surface area (Å²) in [5.74, 6) is -1.26. The lowest BCUT2D eigenvalue weighted by Gasteiger charge is -2.21. The molecule has 1 aliphatic rings. The number of imide groups is 1. The number of hydrogen-bond donors (Lipinski definition) is 2. The maximum absolute atomic E-state index is 12.4. The molecule has 1 atom stereocenters. The number of amides is 3. The fraction of sp³-hybridized carbons (Fsp3) is 0.294. The average molecular weight is 326 g/mol. The molecule has 3 amide bonds. The average Bonchev–Trinajstić information content (AvgIpc) is 3.03. The second-order valence-electron chi connectivity index (χ2n) is 5.83. The summed E-state index contributed by atoms with van der Waals surface area (Å²) >= 11 is 0. The Bertz CT molecular complexity index is 786. The number of carbonyl (C=O) groups is 3. The fourth-order valence-corrected chi connectivity index (χ4v) is 2.83. The molecule has 7 nitrogen and oxygen atoms in total. The second kappa shape index (κ2) is 5.92. The van der Waals surface area contributed by atoms with Crippen molar-refractivity contribution < 1.29 is 14.4 Å². The van der Waals surface area contributed by atoms with E-state index in [1.165, 1.54) is 0 Å². The molecule has 3 rings (SSSR count). The van der Waals surface area contributed by atoms with Gasteiger partial charge >= 0.3 is 0 Å². The van der Waals surface area contributed by atoms with Crippen molar-refractivity contribution in [3.8, 4) is 0 Å². The molecule has 1 aliphatic heterocycles. The van der Waals surface area contributed by atoms with Crippen LogP contribution in [0.1, 0.15) is 44.6 Å². The molecule has 2 N–H and O–H groups in total. The van der Waals surface area contributed by atoms with Crippen LogP contribution in [0, 0.1) is 13.8 Å². The number of benzene rings is 1. The number of aryl methyl sites for hydroxylation is 2. The fourth-order valence-electron chi connectivity index (χ4n) is 2.83. The van der Waals surface area contributed by atoms with E-state index in [0.29, 0.717) is 17.7 Å². The van der Waals surface area contributed by atoms with Gasteiger partial charge in [-0.1, -0.05) is 12.1 Å². The molecule has 0 saturated heterocycles. The normalized spacial score (nSPS) is 14.7. The highest BCUT2D eigenvalue weighted by Crippen LogP contribution is 2.24. The molecule has 1 aromatic carbocycles. The van der Waals surface area contributed by atoms with Crippen LogP contribution in [0.2, 0.25) is 0 Å². The van der Waals surface area contributed by atoms with Crippen LogP contribution >= 0.6 is 0 Å². The van der Waals surface area contributed by atoms with E-state index in [-0.39, 0.29) is 5.91 Å². The maximum Gasteiger partial charge on any atom is 0.262 e. The summed E-state index contributed by atoms with van der Waals surface area (Å²) in [6.07, 6.45) is 0. The highest BCUT2D eigenvalue weighted by molar-refractivity contribution is 6.22. The van der Waals surface area contributed by atoms with Crippen LogP contribution in [0.5, 0.6) is 0 Å². The Balaban J connectivity index is 1.73. The summed E-state index contributed by atoms with van der Waals surface area (Å²) < 4.78 is 0. The number of nitrogens with zero attached hydrogens (tertiary/aromatic N) is 2. The lowest BCUT2D eigenvalue weighted by molar-refractivity contribution is -0.124. The Morgan fingerprint density at radius 1 is 1.21 bits per heavy atom. The molecule has 124 valence electrons. The first-order chi connectivity index (χ1) is 11.4. The van der Waals surface area contributed by atoms with E-state index >= 15 is 0 Å². The largest absolute Gasteiger partial charge is 0.350 e. The Kier molecular flexibility index (Phi) is 3.92. The van der Waals surface area contributed by atoms with Crippen molar-refractivity contribution >= 4 is 17.7 Å². The summed E-state index contributed by atoms with van der Waals surface area (Å²) in [6, 6.07) is 5.70. The van der Waals surface area contributed by atoms with Gasteiger partial charge in [0, 0.05) is 17.8 Å². The van der Waals surface area contributed by atoms with Crippen molar-refractivity contribution in [3.05, 3.63) is 52.3 Å². The van der Waals surface area contributed by atoms with Crippen molar-refractivity contribution in [2.75, 3.05) is 0 Å². The highest BCUT2D eigenvalue weighted by Gasteiger charge is 2.40. The summed E-state index contributed by atoms with van der Waals surface area (Å²) in [4.78, 5) is 38.2. The molecule has 24 heavy (non-hydrogen) atoms. The Hall–Kier alpha value is -2.96. The predicted octanol–water partition coefficient (Wildman–Crippen LogP) is 1.33. The van der Waals surface area contributed by atoms with E-state index in [1.807, 2.05) is 13.8 Å². The van der Waals surface area contributed by atoms with Crippen LogP contribution in [0.25, 0.3) is 0 Å². The van der Waals surface area contributed by atoms with Gasteiger partial charge in [0.05, 0.1) is 16.8 Å². The third-order valence-electron chi connectivity index (χ3n) is 4.31. The van der Waals surface area contributed by atoms with Gasteiger partial charge in [-0.15, -0.1) is 0 Å². The quantitative estimate of drug-likeness (QED) is 0.829. The van der Waals surface area contributed by atoms with Crippen molar-refractivity contribution in [2.45, 2.75) is 33.4 Å². The summed E-state index contributed by atoms with van der Waals surface area (Å²) in [7, 11) is 0. The van der Waals surface area contributed by atoms with E-state index in [1.54, 1.807) is 31.2 Å². The summed E-state index contributed by atoms with van der Waals surface area (Å²) in [5, 5.41) is 9.69. The van der Waals surface area contributed by atoms with Gasteiger partial charge in [-0.2, -0.15) is 5.10 Å². The van der Waals surface area contributed by atoms with Crippen molar-refractivity contribution in [2.24, 2.45) is 0 Å². The van der Waals surface area contributed by atoms with Crippen LogP contribution in [0.4, 0.5) is 0 Å². The molecule has 1 aromatic heterocycles. The molecule has 0 radical (unpaired) electrons. The van der Waals surface area contributed by atoms with E-state index < -0.39 is 17.9 Å². The van der Waals surface area contributed by atoms with Gasteiger partial charge in [-0.05, 0) is 32.9 Å². The first kappa shape index (κ1) is 15.9. The van der Waals surface area contributed by atoms with Gasteiger partial charge in [0.2, 0.25) is 5.91 Å². The lowest BCUT2D eigenvalue weighted by atomic mass is 10.1. The molecular formula is C17H18N4O3. The Labute approximate surface area is 139 Å². The maximum atomic E-state index is 12.4. The Morgan fingerprint density at radius 3 is 2.29 bits per heavy atom. The zero-order valence-corrected chi connectivity index (χ0v) is 13.7. The number of aromatic nitrogens is 2. The first-order valence-corrected chi connectivity index (χ1v) is 7.67. The molecule has 0 spiro atoms. The topological polar surface area (TPSA) is 95.2 Å². The van der Waals surface area contributed by atoms with Gasteiger partial charge in [0.15, 0.2) is 0 Å². The summed E-state index contributed by atoms with van der Waals surface area (Å²) in [5.41, 5.74) is 3.26. The van der Waals surface area contributed by atoms with Gasteiger partial charge in [-0.25, -0.2) is 0 Å². The van der Waals surface area contributed by atoms with E-state index in [9.17, 15) is 14.4 Å². The molecule has 2 aromatic rings. The number of nitrogens with one attached hydrogen (secondary N) is 2. The van der Waals surface area contributed by atoms with Crippen molar-refractivity contribution in [1.29, 1.82) is 0 Å². The van der Waals surface area contributed by atoms with Crippen LogP contribution in [0.3, 0.4) is 0 Å². The van der Waals surface area contributed by atoms with Gasteiger partial charge in [0.25, 0.3) is 11.8 Å². The van der Waals surface area contributed by atoms with Gasteiger partial charge < -0.3 is 5.32 Å². The number of fused-ring (bicyclic) bond motifs is 1. The van der Waals surface area contributed by atoms with Crippen LogP contribution in [-0.2, 0) is 11.3 Å². The second-order valence-corrected chi connectivity index (χ2v) is 5.83. The first-order valence-electron chi connectivity index (χ1n) is 7.67. The minimum absolute atomic E-state index is 0.292. The molecule has 1 unspecified atom stereocenters. The van der Waals surface area contributed by atoms with Crippen molar-refractivity contribution in [3.63, 3.8) is 0 Å². The molecule has 0 aliphatic carbocycles. The summed E-state index contributed by atoms with van der Waals surface area (Å²) in [6.45, 7) is 5.56. The third-order valence-corrected chi connectivity index (χ3v) is 4.31. The van der Waals surface area contributed by atoms with Crippen LogP contribution < -0.4 is 5.32 Å². The SMILES string of the molecule is Cc1n[nH]c(C)c1CNC(=O)C(C)N1C(=O)c2ccccc2C1=O. The molecular weight excluding hydrogens is 308 g/mol. The lowest BCUT2D eigenvalue weighted by Crippen LogP contribution is -2.47.